The van der Waals surface area contributed by atoms with E-state index < -0.39 is 0 Å². The molecule has 1 atom stereocenters. The van der Waals surface area contributed by atoms with Gasteiger partial charge in [-0.3, -0.25) is 4.98 Å². The first-order valence-corrected chi connectivity index (χ1v) is 6.82. The lowest BCUT2D eigenvalue weighted by Gasteiger charge is -2.08. The summed E-state index contributed by atoms with van der Waals surface area (Å²) < 4.78 is 5.31. The van der Waals surface area contributed by atoms with E-state index in [0.717, 1.165) is 5.69 Å². The molecule has 0 aliphatic carbocycles. The van der Waals surface area contributed by atoms with Crippen LogP contribution >= 0.6 is 0 Å². The predicted octanol–water partition coefficient (Wildman–Crippen LogP) is 3.06. The minimum atomic E-state index is 0.280. The van der Waals surface area contributed by atoms with Crippen LogP contribution in [0.5, 0.6) is 0 Å². The first-order chi connectivity index (χ1) is 10.2. The molecular weight excluding hydrogens is 264 g/mol. The van der Waals surface area contributed by atoms with Gasteiger partial charge in [-0.15, -0.1) is 0 Å². The van der Waals surface area contributed by atoms with E-state index in [4.69, 9.17) is 10.3 Å². The molecule has 0 spiro atoms. The van der Waals surface area contributed by atoms with Crippen LogP contribution in [0.4, 0.5) is 5.69 Å². The smallest absolute Gasteiger partial charge is 0.227 e. The Kier molecular flexibility index (Phi) is 3.64. The second-order valence-electron chi connectivity index (χ2n) is 5.00. The zero-order valence-electron chi connectivity index (χ0n) is 11.7. The summed E-state index contributed by atoms with van der Waals surface area (Å²) in [6.45, 7) is 2.12. The van der Waals surface area contributed by atoms with Crippen molar-refractivity contribution in [1.29, 1.82) is 0 Å². The van der Waals surface area contributed by atoms with Crippen LogP contribution in [0, 0.1) is 0 Å². The fourth-order valence-corrected chi connectivity index (χ4v) is 2.14. The third-order valence-corrected chi connectivity index (χ3v) is 3.35. The Morgan fingerprint density at radius 3 is 2.67 bits per heavy atom. The highest BCUT2D eigenvalue weighted by atomic mass is 16.5. The average Bonchev–Trinajstić information content (AvgIpc) is 2.97. The molecule has 0 aliphatic rings. The highest BCUT2D eigenvalue weighted by Crippen LogP contribution is 2.22. The number of rotatable bonds is 4. The third-order valence-electron chi connectivity index (χ3n) is 3.35. The van der Waals surface area contributed by atoms with Gasteiger partial charge in [-0.05, 0) is 35.7 Å². The van der Waals surface area contributed by atoms with Gasteiger partial charge in [0.1, 0.15) is 5.69 Å². The van der Waals surface area contributed by atoms with Crippen LogP contribution in [0.1, 0.15) is 24.3 Å². The van der Waals surface area contributed by atoms with Crippen LogP contribution in [0.25, 0.3) is 11.5 Å². The van der Waals surface area contributed by atoms with Crippen LogP contribution in [-0.2, 0) is 6.42 Å². The molecule has 2 N–H and O–H groups in total. The summed E-state index contributed by atoms with van der Waals surface area (Å²) in [6.07, 6.45) is 2.39. The van der Waals surface area contributed by atoms with Crippen molar-refractivity contribution in [2.45, 2.75) is 19.3 Å². The fraction of sp³-hybridized carbons (Fsp3) is 0.188. The van der Waals surface area contributed by atoms with E-state index >= 15 is 0 Å². The molecule has 0 amide bonds. The van der Waals surface area contributed by atoms with Gasteiger partial charge in [0, 0.05) is 18.3 Å². The SMILES string of the molecule is CC(Cc1nc(-c2ccccn2)no1)c1ccc(N)cc1. The number of pyridine rings is 1. The van der Waals surface area contributed by atoms with Gasteiger partial charge in [0.15, 0.2) is 0 Å². The van der Waals surface area contributed by atoms with Crippen LogP contribution in [0.2, 0.25) is 0 Å². The quantitative estimate of drug-likeness (QED) is 0.743. The molecule has 0 aliphatic heterocycles. The molecule has 0 bridgehead atoms. The van der Waals surface area contributed by atoms with E-state index in [2.05, 4.69) is 22.0 Å². The molecule has 3 rings (SSSR count). The molecule has 2 aromatic heterocycles. The van der Waals surface area contributed by atoms with E-state index in [0.29, 0.717) is 23.8 Å². The van der Waals surface area contributed by atoms with Gasteiger partial charge in [0.25, 0.3) is 0 Å². The van der Waals surface area contributed by atoms with Crippen molar-refractivity contribution < 1.29 is 4.52 Å². The van der Waals surface area contributed by atoms with Crippen molar-refractivity contribution in [3.05, 3.63) is 60.1 Å². The first kappa shape index (κ1) is 13.3. The minimum Gasteiger partial charge on any atom is -0.399 e. The number of benzene rings is 1. The second kappa shape index (κ2) is 5.75. The maximum absolute atomic E-state index is 5.70. The van der Waals surface area contributed by atoms with Crippen LogP contribution in [-0.4, -0.2) is 15.1 Å². The average molecular weight is 280 g/mol. The van der Waals surface area contributed by atoms with Gasteiger partial charge in [-0.1, -0.05) is 30.3 Å². The number of anilines is 1. The van der Waals surface area contributed by atoms with Crippen LogP contribution in [0.3, 0.4) is 0 Å². The van der Waals surface area contributed by atoms with Gasteiger partial charge in [-0.2, -0.15) is 4.98 Å². The second-order valence-corrected chi connectivity index (χ2v) is 5.00. The molecule has 5 nitrogen and oxygen atoms in total. The standard InChI is InChI=1S/C16H16N4O/c1-11(12-5-7-13(17)8-6-12)10-15-19-16(20-21-15)14-4-2-3-9-18-14/h2-9,11H,10,17H2,1H3. The Balaban J connectivity index is 1.74. The van der Waals surface area contributed by atoms with Crippen LogP contribution < -0.4 is 5.73 Å². The van der Waals surface area contributed by atoms with E-state index in [1.807, 2.05) is 42.5 Å². The van der Waals surface area contributed by atoms with Crippen molar-refractivity contribution in [3.8, 4) is 11.5 Å². The highest BCUT2D eigenvalue weighted by Gasteiger charge is 2.14. The largest absolute Gasteiger partial charge is 0.399 e. The Labute approximate surface area is 122 Å². The normalized spacial score (nSPS) is 12.2. The number of hydrogen-bond acceptors (Lipinski definition) is 5. The lowest BCUT2D eigenvalue weighted by atomic mass is 9.98. The lowest BCUT2D eigenvalue weighted by Crippen LogP contribution is -1.99. The Morgan fingerprint density at radius 2 is 1.95 bits per heavy atom. The van der Waals surface area contributed by atoms with Crippen molar-refractivity contribution in [3.63, 3.8) is 0 Å². The number of hydrogen-bond donors (Lipinski definition) is 1. The van der Waals surface area contributed by atoms with E-state index in [1.165, 1.54) is 5.56 Å². The monoisotopic (exact) mass is 280 g/mol. The Bertz CT molecular complexity index is 707. The molecule has 21 heavy (non-hydrogen) atoms. The van der Waals surface area contributed by atoms with Crippen molar-refractivity contribution in [2.75, 3.05) is 5.73 Å². The van der Waals surface area contributed by atoms with Crippen molar-refractivity contribution in [2.24, 2.45) is 0 Å². The van der Waals surface area contributed by atoms with E-state index in [9.17, 15) is 0 Å². The summed E-state index contributed by atoms with van der Waals surface area (Å²) >= 11 is 0. The van der Waals surface area contributed by atoms with Gasteiger partial charge in [0.2, 0.25) is 11.7 Å². The summed E-state index contributed by atoms with van der Waals surface area (Å²) in [5, 5.41) is 3.98. The van der Waals surface area contributed by atoms with Gasteiger partial charge < -0.3 is 10.3 Å². The summed E-state index contributed by atoms with van der Waals surface area (Å²) in [6, 6.07) is 13.5. The van der Waals surface area contributed by atoms with Crippen molar-refractivity contribution >= 4 is 5.69 Å². The summed E-state index contributed by atoms with van der Waals surface area (Å²) in [5.41, 5.74) is 8.38. The predicted molar refractivity (Wildman–Crippen MR) is 80.5 cm³/mol. The molecule has 1 unspecified atom stereocenters. The third kappa shape index (κ3) is 3.08. The molecule has 0 saturated heterocycles. The summed E-state index contributed by atoms with van der Waals surface area (Å²) in [5.74, 6) is 1.41. The molecule has 0 radical (unpaired) electrons. The van der Waals surface area contributed by atoms with E-state index in [1.54, 1.807) is 6.20 Å². The Hall–Kier alpha value is -2.69. The molecular formula is C16H16N4O. The Morgan fingerprint density at radius 1 is 1.14 bits per heavy atom. The molecule has 0 saturated carbocycles. The van der Waals surface area contributed by atoms with Crippen molar-refractivity contribution in [1.82, 2.24) is 15.1 Å². The molecule has 0 fully saturated rings. The van der Waals surface area contributed by atoms with Gasteiger partial charge in [0.05, 0.1) is 0 Å². The van der Waals surface area contributed by atoms with E-state index in [-0.39, 0.29) is 5.92 Å². The number of aromatic nitrogens is 3. The molecule has 3 aromatic rings. The fourth-order valence-electron chi connectivity index (χ4n) is 2.14. The van der Waals surface area contributed by atoms with Gasteiger partial charge >= 0.3 is 0 Å². The summed E-state index contributed by atoms with van der Waals surface area (Å²) in [7, 11) is 0. The topological polar surface area (TPSA) is 77.8 Å². The number of nitrogen functional groups attached to an aromatic ring is 1. The molecule has 2 heterocycles. The first-order valence-electron chi connectivity index (χ1n) is 6.82. The number of nitrogens with zero attached hydrogens (tertiary/aromatic N) is 3. The maximum atomic E-state index is 5.70. The number of nitrogens with two attached hydrogens (primary N) is 1. The molecule has 1 aromatic carbocycles. The maximum Gasteiger partial charge on any atom is 0.227 e. The molecule has 5 heteroatoms. The lowest BCUT2D eigenvalue weighted by molar-refractivity contribution is 0.372. The van der Waals surface area contributed by atoms with Crippen LogP contribution in [0.15, 0.2) is 53.2 Å². The zero-order chi connectivity index (χ0) is 14.7. The minimum absolute atomic E-state index is 0.280. The zero-order valence-corrected chi connectivity index (χ0v) is 11.7. The highest BCUT2D eigenvalue weighted by molar-refractivity contribution is 5.47. The summed E-state index contributed by atoms with van der Waals surface area (Å²) in [4.78, 5) is 8.61. The molecule has 106 valence electrons. The van der Waals surface area contributed by atoms with Gasteiger partial charge in [-0.25, -0.2) is 0 Å².